The summed E-state index contributed by atoms with van der Waals surface area (Å²) < 4.78 is 0. The number of rotatable bonds is 8. The van der Waals surface area contributed by atoms with E-state index in [1.165, 1.54) is 6.42 Å². The number of aryl methyl sites for hydroxylation is 1. The maximum atomic E-state index is 12.9. The lowest BCUT2D eigenvalue weighted by Crippen LogP contribution is -2.50. The van der Waals surface area contributed by atoms with Gasteiger partial charge in [0, 0.05) is 64.0 Å². The van der Waals surface area contributed by atoms with E-state index >= 15 is 0 Å². The van der Waals surface area contributed by atoms with Crippen LogP contribution in [0.15, 0.2) is 54.7 Å². The molecule has 0 aliphatic carbocycles. The second kappa shape index (κ2) is 11.4. The van der Waals surface area contributed by atoms with Crippen molar-refractivity contribution < 1.29 is 4.79 Å². The first-order chi connectivity index (χ1) is 17.2. The SMILES string of the molecule is O=C(CCCn1nnc(-c2ccccc2)n1)N1CCCC(CN2CCN(c3ccccn3)CC2)C1. The van der Waals surface area contributed by atoms with Crippen LogP contribution in [0.2, 0.25) is 0 Å². The summed E-state index contributed by atoms with van der Waals surface area (Å²) in [6, 6.07) is 15.9. The van der Waals surface area contributed by atoms with E-state index in [9.17, 15) is 4.79 Å². The minimum atomic E-state index is 0.248. The van der Waals surface area contributed by atoms with Crippen LogP contribution in [0.4, 0.5) is 5.82 Å². The quantitative estimate of drug-likeness (QED) is 0.496. The topological polar surface area (TPSA) is 83.3 Å². The lowest BCUT2D eigenvalue weighted by molar-refractivity contribution is -0.133. The minimum Gasteiger partial charge on any atom is -0.354 e. The molecule has 1 unspecified atom stereocenters. The Hall–Kier alpha value is -3.33. The van der Waals surface area contributed by atoms with Gasteiger partial charge in [0.05, 0.1) is 6.54 Å². The number of benzene rings is 1. The average Bonchev–Trinajstić information content (AvgIpc) is 3.39. The minimum absolute atomic E-state index is 0.248. The van der Waals surface area contributed by atoms with Gasteiger partial charge in [-0.3, -0.25) is 9.69 Å². The van der Waals surface area contributed by atoms with Crippen LogP contribution in [0.3, 0.4) is 0 Å². The third-order valence-corrected chi connectivity index (χ3v) is 6.97. The van der Waals surface area contributed by atoms with Gasteiger partial charge in [0.2, 0.25) is 11.7 Å². The van der Waals surface area contributed by atoms with Crippen LogP contribution < -0.4 is 4.90 Å². The van der Waals surface area contributed by atoms with Crippen molar-refractivity contribution in [3.8, 4) is 11.4 Å². The molecule has 2 saturated heterocycles. The van der Waals surface area contributed by atoms with E-state index in [4.69, 9.17) is 0 Å². The van der Waals surface area contributed by atoms with Gasteiger partial charge in [-0.2, -0.15) is 4.80 Å². The third-order valence-electron chi connectivity index (χ3n) is 6.97. The van der Waals surface area contributed by atoms with Crippen molar-refractivity contribution in [2.75, 3.05) is 50.7 Å². The van der Waals surface area contributed by atoms with Crippen LogP contribution in [-0.2, 0) is 11.3 Å². The molecule has 0 saturated carbocycles. The summed E-state index contributed by atoms with van der Waals surface area (Å²) in [5, 5.41) is 12.7. The highest BCUT2D eigenvalue weighted by molar-refractivity contribution is 5.76. The lowest BCUT2D eigenvalue weighted by atomic mass is 9.96. The highest BCUT2D eigenvalue weighted by Gasteiger charge is 2.26. The summed E-state index contributed by atoms with van der Waals surface area (Å²) in [4.78, 5) is 26.0. The molecular formula is C26H34N8O. The highest BCUT2D eigenvalue weighted by atomic mass is 16.2. The fraction of sp³-hybridized carbons (Fsp3) is 0.500. The zero-order valence-electron chi connectivity index (χ0n) is 20.2. The number of piperazine rings is 1. The Morgan fingerprint density at radius 1 is 0.971 bits per heavy atom. The number of aromatic nitrogens is 5. The smallest absolute Gasteiger partial charge is 0.222 e. The molecule has 0 radical (unpaired) electrons. The molecule has 2 aliphatic rings. The van der Waals surface area contributed by atoms with Gasteiger partial charge >= 0.3 is 0 Å². The Balaban J connectivity index is 1.03. The molecule has 2 fully saturated rings. The summed E-state index contributed by atoms with van der Waals surface area (Å²) in [5.41, 5.74) is 0.951. The van der Waals surface area contributed by atoms with Gasteiger partial charge in [-0.05, 0) is 42.5 Å². The molecule has 184 valence electrons. The first-order valence-electron chi connectivity index (χ1n) is 12.7. The fourth-order valence-corrected chi connectivity index (χ4v) is 5.08. The maximum Gasteiger partial charge on any atom is 0.222 e. The molecule has 0 bridgehead atoms. The van der Waals surface area contributed by atoms with Crippen LogP contribution in [0.25, 0.3) is 11.4 Å². The van der Waals surface area contributed by atoms with Crippen LogP contribution in [-0.4, -0.2) is 86.7 Å². The number of likely N-dealkylation sites (tertiary alicyclic amines) is 1. The molecule has 1 aromatic carbocycles. The van der Waals surface area contributed by atoms with Gasteiger partial charge in [-0.25, -0.2) is 4.98 Å². The normalized spacial score (nSPS) is 19.1. The molecule has 1 amide bonds. The van der Waals surface area contributed by atoms with Crippen LogP contribution in [0.1, 0.15) is 25.7 Å². The number of carbonyl (C=O) groups excluding carboxylic acids is 1. The molecule has 9 heteroatoms. The van der Waals surface area contributed by atoms with Gasteiger partial charge < -0.3 is 9.80 Å². The highest BCUT2D eigenvalue weighted by Crippen LogP contribution is 2.21. The first kappa shape index (κ1) is 23.4. The summed E-state index contributed by atoms with van der Waals surface area (Å²) in [6.45, 7) is 7.55. The second-order valence-electron chi connectivity index (χ2n) is 9.50. The van der Waals surface area contributed by atoms with Gasteiger partial charge in [-0.1, -0.05) is 36.4 Å². The van der Waals surface area contributed by atoms with E-state index in [2.05, 4.69) is 41.2 Å². The number of anilines is 1. The summed E-state index contributed by atoms with van der Waals surface area (Å²) in [5.74, 6) is 2.49. The molecule has 4 heterocycles. The Labute approximate surface area is 206 Å². The third kappa shape index (κ3) is 6.22. The Morgan fingerprint density at radius 2 is 1.80 bits per heavy atom. The predicted octanol–water partition coefficient (Wildman–Crippen LogP) is 2.58. The molecule has 2 aliphatic heterocycles. The van der Waals surface area contributed by atoms with Gasteiger partial charge in [0.15, 0.2) is 0 Å². The van der Waals surface area contributed by atoms with Crippen LogP contribution in [0.5, 0.6) is 0 Å². The molecule has 35 heavy (non-hydrogen) atoms. The van der Waals surface area contributed by atoms with Gasteiger partial charge in [0.25, 0.3) is 0 Å². The first-order valence-corrected chi connectivity index (χ1v) is 12.7. The van der Waals surface area contributed by atoms with Gasteiger partial charge in [0.1, 0.15) is 5.82 Å². The Kier molecular flexibility index (Phi) is 7.62. The number of amides is 1. The second-order valence-corrected chi connectivity index (χ2v) is 9.50. The monoisotopic (exact) mass is 474 g/mol. The van der Waals surface area contributed by atoms with E-state index in [1.54, 1.807) is 4.80 Å². The van der Waals surface area contributed by atoms with Crippen molar-refractivity contribution in [2.45, 2.75) is 32.2 Å². The molecule has 9 nitrogen and oxygen atoms in total. The summed E-state index contributed by atoms with van der Waals surface area (Å²) >= 11 is 0. The molecule has 0 N–H and O–H groups in total. The number of pyridine rings is 1. The molecular weight excluding hydrogens is 440 g/mol. The number of tetrazole rings is 1. The Bertz CT molecular complexity index is 1070. The van der Waals surface area contributed by atoms with E-state index in [0.29, 0.717) is 24.7 Å². The standard InChI is InChI=1S/C26H34N8O/c35-25(12-7-15-34-29-26(28-30-34)23-9-2-1-3-10-23)33-14-6-8-22(21-33)20-31-16-18-32(19-17-31)24-11-4-5-13-27-24/h1-5,9-11,13,22H,6-8,12,14-21H2. The summed E-state index contributed by atoms with van der Waals surface area (Å²) in [6.07, 6.45) is 5.41. The van der Waals surface area contributed by atoms with Crippen LogP contribution in [0, 0.1) is 5.92 Å². The number of nitrogens with zero attached hydrogens (tertiary/aromatic N) is 8. The average molecular weight is 475 g/mol. The molecule has 3 aromatic rings. The maximum absolute atomic E-state index is 12.9. The molecule has 1 atom stereocenters. The summed E-state index contributed by atoms with van der Waals surface area (Å²) in [7, 11) is 0. The molecule has 5 rings (SSSR count). The van der Waals surface area contributed by atoms with Crippen molar-refractivity contribution in [3.05, 3.63) is 54.7 Å². The van der Waals surface area contributed by atoms with Crippen molar-refractivity contribution in [1.82, 2.24) is 35.0 Å². The lowest BCUT2D eigenvalue weighted by Gasteiger charge is -2.39. The predicted molar refractivity (Wildman–Crippen MR) is 135 cm³/mol. The molecule has 0 spiro atoms. The Morgan fingerprint density at radius 3 is 2.60 bits per heavy atom. The zero-order valence-corrected chi connectivity index (χ0v) is 20.2. The number of hydrogen-bond acceptors (Lipinski definition) is 7. The van der Waals surface area contributed by atoms with Crippen LogP contribution >= 0.6 is 0 Å². The van der Waals surface area contributed by atoms with E-state index in [1.807, 2.05) is 48.7 Å². The number of carbonyl (C=O) groups is 1. The van der Waals surface area contributed by atoms with Crippen molar-refractivity contribution in [3.63, 3.8) is 0 Å². The van der Waals surface area contributed by atoms with E-state index in [0.717, 1.165) is 70.0 Å². The van der Waals surface area contributed by atoms with Crippen molar-refractivity contribution >= 4 is 11.7 Å². The van der Waals surface area contributed by atoms with Gasteiger partial charge in [-0.15, -0.1) is 10.2 Å². The fourth-order valence-electron chi connectivity index (χ4n) is 5.08. The van der Waals surface area contributed by atoms with Crippen molar-refractivity contribution in [1.29, 1.82) is 0 Å². The van der Waals surface area contributed by atoms with Crippen molar-refractivity contribution in [2.24, 2.45) is 5.92 Å². The number of hydrogen-bond donors (Lipinski definition) is 0. The van der Waals surface area contributed by atoms with E-state index < -0.39 is 0 Å². The van der Waals surface area contributed by atoms with E-state index in [-0.39, 0.29) is 5.91 Å². The zero-order chi connectivity index (χ0) is 23.9. The number of piperidine rings is 1. The molecule has 2 aromatic heterocycles. The largest absolute Gasteiger partial charge is 0.354 e.